The van der Waals surface area contributed by atoms with Gasteiger partial charge in [0.15, 0.2) is 11.7 Å². The molecule has 2 aromatic heterocycles. The number of pyridine rings is 1. The number of carbonyl (C=O) groups excluding carboxylic acids is 1. The zero-order valence-corrected chi connectivity index (χ0v) is 20.4. The molecule has 10 heteroatoms. The van der Waals surface area contributed by atoms with Crippen LogP contribution in [-0.2, 0) is 6.54 Å². The molecule has 0 bridgehead atoms. The van der Waals surface area contributed by atoms with Crippen LogP contribution in [0, 0.1) is 5.82 Å². The monoisotopic (exact) mass is 565 g/mol. The van der Waals surface area contributed by atoms with E-state index in [0.717, 1.165) is 11.5 Å². The molecule has 1 aliphatic heterocycles. The molecule has 1 fully saturated rings. The molecule has 33 heavy (non-hydrogen) atoms. The van der Waals surface area contributed by atoms with Crippen LogP contribution in [0.4, 0.5) is 4.39 Å². The number of halogens is 2. The molecule has 174 valence electrons. The lowest BCUT2D eigenvalue weighted by Gasteiger charge is -2.36. The summed E-state index contributed by atoms with van der Waals surface area (Å²) < 4.78 is 24.5. The number of furan rings is 1. The van der Waals surface area contributed by atoms with E-state index < -0.39 is 0 Å². The van der Waals surface area contributed by atoms with Crippen molar-refractivity contribution < 1.29 is 18.3 Å². The third-order valence-electron chi connectivity index (χ3n) is 5.11. The second kappa shape index (κ2) is 11.6. The number of guanidine groups is 1. The highest BCUT2D eigenvalue weighted by Gasteiger charge is 2.25. The van der Waals surface area contributed by atoms with Gasteiger partial charge in [-0.2, -0.15) is 0 Å². The fourth-order valence-corrected chi connectivity index (χ4v) is 3.48. The number of aromatic nitrogens is 1. The summed E-state index contributed by atoms with van der Waals surface area (Å²) >= 11 is 0. The van der Waals surface area contributed by atoms with E-state index >= 15 is 0 Å². The summed E-state index contributed by atoms with van der Waals surface area (Å²) in [5, 5.41) is 3.32. The van der Waals surface area contributed by atoms with Crippen LogP contribution in [0.5, 0.6) is 11.6 Å². The first-order valence-electron chi connectivity index (χ1n) is 10.3. The Kier molecular flexibility index (Phi) is 8.64. The van der Waals surface area contributed by atoms with Crippen LogP contribution in [0.1, 0.15) is 16.1 Å². The van der Waals surface area contributed by atoms with Crippen LogP contribution >= 0.6 is 24.0 Å². The molecular weight excluding hydrogens is 540 g/mol. The maximum absolute atomic E-state index is 13.5. The van der Waals surface area contributed by atoms with E-state index in [1.54, 1.807) is 42.4 Å². The van der Waals surface area contributed by atoms with Crippen molar-refractivity contribution in [1.82, 2.24) is 20.1 Å². The highest BCUT2D eigenvalue weighted by atomic mass is 127. The van der Waals surface area contributed by atoms with Gasteiger partial charge in [-0.3, -0.25) is 9.79 Å². The Morgan fingerprint density at radius 2 is 1.94 bits per heavy atom. The number of rotatable bonds is 5. The number of nitrogens with one attached hydrogen (secondary N) is 1. The molecule has 0 aliphatic carbocycles. The SMILES string of the molecule is CN=C(NCc1cccnc1Oc1cccc(F)c1)N1CCN(C(=O)c2ccco2)CC1.I. The number of aliphatic imine (C=N–C) groups is 1. The van der Waals surface area contributed by atoms with Crippen molar-refractivity contribution in [2.75, 3.05) is 33.2 Å². The number of nitrogens with zero attached hydrogens (tertiary/aromatic N) is 4. The van der Waals surface area contributed by atoms with E-state index in [9.17, 15) is 9.18 Å². The third kappa shape index (κ3) is 6.21. The Labute approximate surface area is 208 Å². The molecule has 1 amide bonds. The normalized spacial score (nSPS) is 13.9. The van der Waals surface area contributed by atoms with Crippen LogP contribution in [0.25, 0.3) is 0 Å². The van der Waals surface area contributed by atoms with E-state index in [2.05, 4.69) is 20.2 Å². The number of carbonyl (C=O) groups is 1. The van der Waals surface area contributed by atoms with E-state index in [-0.39, 0.29) is 35.7 Å². The molecule has 1 N–H and O–H groups in total. The Balaban J connectivity index is 0.00000306. The number of amides is 1. The van der Waals surface area contributed by atoms with Crippen LogP contribution in [0.2, 0.25) is 0 Å². The molecule has 3 aromatic rings. The summed E-state index contributed by atoms with van der Waals surface area (Å²) in [5.74, 6) is 1.37. The zero-order chi connectivity index (χ0) is 22.3. The second-order valence-electron chi connectivity index (χ2n) is 7.18. The molecule has 0 unspecified atom stereocenters. The average Bonchev–Trinajstić information content (AvgIpc) is 3.35. The van der Waals surface area contributed by atoms with E-state index in [0.29, 0.717) is 50.1 Å². The molecule has 0 spiro atoms. The van der Waals surface area contributed by atoms with Gasteiger partial charge in [0.25, 0.3) is 5.91 Å². The summed E-state index contributed by atoms with van der Waals surface area (Å²) in [7, 11) is 1.72. The molecule has 8 nitrogen and oxygen atoms in total. The van der Waals surface area contributed by atoms with Gasteiger partial charge in [0, 0.05) is 57.6 Å². The van der Waals surface area contributed by atoms with Gasteiger partial charge in [0.05, 0.1) is 6.26 Å². The fraction of sp³-hybridized carbons (Fsp3) is 0.261. The van der Waals surface area contributed by atoms with Gasteiger partial charge in [0.1, 0.15) is 11.6 Å². The lowest BCUT2D eigenvalue weighted by molar-refractivity contribution is 0.0657. The van der Waals surface area contributed by atoms with Crippen LogP contribution < -0.4 is 10.1 Å². The molecule has 0 radical (unpaired) electrons. The van der Waals surface area contributed by atoms with Gasteiger partial charge in [0.2, 0.25) is 5.88 Å². The van der Waals surface area contributed by atoms with Gasteiger partial charge in [-0.25, -0.2) is 9.37 Å². The number of piperazine rings is 1. The predicted molar refractivity (Wildman–Crippen MR) is 133 cm³/mol. The van der Waals surface area contributed by atoms with E-state index in [4.69, 9.17) is 9.15 Å². The minimum Gasteiger partial charge on any atom is -0.459 e. The van der Waals surface area contributed by atoms with Crippen molar-refractivity contribution in [2.24, 2.45) is 4.99 Å². The first-order chi connectivity index (χ1) is 15.6. The summed E-state index contributed by atoms with van der Waals surface area (Å²) in [6.07, 6.45) is 3.13. The number of ether oxygens (including phenoxy) is 1. The summed E-state index contributed by atoms with van der Waals surface area (Å²) in [4.78, 5) is 25.0. The minimum atomic E-state index is -0.372. The Bertz CT molecular complexity index is 1090. The molecule has 0 atom stereocenters. The van der Waals surface area contributed by atoms with Crippen molar-refractivity contribution in [3.63, 3.8) is 0 Å². The fourth-order valence-electron chi connectivity index (χ4n) is 3.48. The summed E-state index contributed by atoms with van der Waals surface area (Å²) in [6, 6.07) is 13.0. The van der Waals surface area contributed by atoms with Crippen molar-refractivity contribution in [3.8, 4) is 11.6 Å². The molecule has 1 aromatic carbocycles. The second-order valence-corrected chi connectivity index (χ2v) is 7.18. The molecule has 0 saturated carbocycles. The molecular formula is C23H25FIN5O3. The van der Waals surface area contributed by atoms with Crippen LogP contribution in [0.15, 0.2) is 70.4 Å². The number of hydrogen-bond acceptors (Lipinski definition) is 5. The molecule has 1 aliphatic rings. The first kappa shape index (κ1) is 24.5. The zero-order valence-electron chi connectivity index (χ0n) is 18.1. The van der Waals surface area contributed by atoms with Crippen LogP contribution in [-0.4, -0.2) is 59.9 Å². The summed E-state index contributed by atoms with van der Waals surface area (Å²) in [5.41, 5.74) is 0.810. The lowest BCUT2D eigenvalue weighted by Crippen LogP contribution is -2.53. The van der Waals surface area contributed by atoms with Gasteiger partial charge < -0.3 is 24.3 Å². The predicted octanol–water partition coefficient (Wildman–Crippen LogP) is 3.76. The third-order valence-corrected chi connectivity index (χ3v) is 5.11. The van der Waals surface area contributed by atoms with E-state index in [1.165, 1.54) is 18.4 Å². The maximum atomic E-state index is 13.5. The highest BCUT2D eigenvalue weighted by molar-refractivity contribution is 14.0. The van der Waals surface area contributed by atoms with Crippen molar-refractivity contribution >= 4 is 35.8 Å². The van der Waals surface area contributed by atoms with Gasteiger partial charge in [-0.05, 0) is 30.3 Å². The highest BCUT2D eigenvalue weighted by Crippen LogP contribution is 2.23. The van der Waals surface area contributed by atoms with Crippen molar-refractivity contribution in [2.45, 2.75) is 6.54 Å². The lowest BCUT2D eigenvalue weighted by atomic mass is 10.2. The smallest absolute Gasteiger partial charge is 0.289 e. The quantitative estimate of drug-likeness (QED) is 0.288. The Morgan fingerprint density at radius 3 is 2.64 bits per heavy atom. The molecule has 3 heterocycles. The van der Waals surface area contributed by atoms with Crippen molar-refractivity contribution in [1.29, 1.82) is 0 Å². The van der Waals surface area contributed by atoms with Gasteiger partial charge in [-0.1, -0.05) is 12.1 Å². The van der Waals surface area contributed by atoms with Crippen molar-refractivity contribution in [3.05, 3.63) is 78.1 Å². The molecule has 4 rings (SSSR count). The summed E-state index contributed by atoms with van der Waals surface area (Å²) in [6.45, 7) is 2.86. The number of hydrogen-bond donors (Lipinski definition) is 1. The Hall–Kier alpha value is -3.15. The Morgan fingerprint density at radius 1 is 1.15 bits per heavy atom. The van der Waals surface area contributed by atoms with Crippen LogP contribution in [0.3, 0.4) is 0 Å². The van der Waals surface area contributed by atoms with Gasteiger partial charge in [-0.15, -0.1) is 24.0 Å². The molecule has 1 saturated heterocycles. The van der Waals surface area contributed by atoms with E-state index in [1.807, 2.05) is 12.1 Å². The topological polar surface area (TPSA) is 83.2 Å². The average molecular weight is 565 g/mol. The maximum Gasteiger partial charge on any atom is 0.289 e. The number of benzene rings is 1. The largest absolute Gasteiger partial charge is 0.459 e. The van der Waals surface area contributed by atoms with Gasteiger partial charge >= 0.3 is 0 Å². The first-order valence-corrected chi connectivity index (χ1v) is 10.3. The standard InChI is InChI=1S/C23H24FN5O3.HI/c1-25-23(29-12-10-28(11-13-29)22(30)20-8-4-14-31-20)27-16-17-5-3-9-26-21(17)32-19-7-2-6-18(24)15-19;/h2-9,14-15H,10-13,16H2,1H3,(H,25,27);1H. The minimum absolute atomic E-state index is 0.